The fraction of sp³-hybridized carbons (Fsp3) is 0.500. The first kappa shape index (κ1) is 15.5. The summed E-state index contributed by atoms with van der Waals surface area (Å²) in [5.74, 6) is 0.111. The van der Waals surface area contributed by atoms with E-state index in [2.05, 4.69) is 10.2 Å². The summed E-state index contributed by atoms with van der Waals surface area (Å²) in [5, 5.41) is 3.07. The number of nitrogens with zero attached hydrogens (tertiary/aromatic N) is 2. The Balaban J connectivity index is 1.77. The topological polar surface area (TPSA) is 52.7 Å². The summed E-state index contributed by atoms with van der Waals surface area (Å²) in [6.45, 7) is 2.16. The second-order valence-corrected chi connectivity index (χ2v) is 5.68. The molecule has 1 aromatic rings. The molecule has 0 unspecified atom stereocenters. The molecular weight excluding hydrogens is 266 g/mol. The number of likely N-dealkylation sites (N-methyl/N-ethyl adjacent to an activating group) is 1. The van der Waals surface area contributed by atoms with Crippen LogP contribution in [0.25, 0.3) is 0 Å². The van der Waals surface area contributed by atoms with Crippen LogP contribution in [0.1, 0.15) is 23.2 Å². The van der Waals surface area contributed by atoms with E-state index in [4.69, 9.17) is 0 Å². The van der Waals surface area contributed by atoms with Gasteiger partial charge < -0.3 is 10.2 Å². The van der Waals surface area contributed by atoms with Crippen molar-refractivity contribution in [2.75, 3.05) is 33.7 Å². The van der Waals surface area contributed by atoms with Crippen LogP contribution in [0.2, 0.25) is 0 Å². The van der Waals surface area contributed by atoms with Gasteiger partial charge in [0, 0.05) is 38.8 Å². The monoisotopic (exact) mass is 289 g/mol. The molecule has 1 aromatic carbocycles. The Morgan fingerprint density at radius 2 is 1.81 bits per heavy atom. The second-order valence-electron chi connectivity index (χ2n) is 5.68. The van der Waals surface area contributed by atoms with E-state index in [-0.39, 0.29) is 17.9 Å². The van der Waals surface area contributed by atoms with Crippen molar-refractivity contribution in [1.29, 1.82) is 0 Å². The predicted molar refractivity (Wildman–Crippen MR) is 82.1 cm³/mol. The molecule has 1 heterocycles. The first-order valence-corrected chi connectivity index (χ1v) is 7.34. The summed E-state index contributed by atoms with van der Waals surface area (Å²) in [7, 11) is 3.55. The van der Waals surface area contributed by atoms with Crippen molar-refractivity contribution in [3.8, 4) is 0 Å². The highest BCUT2D eigenvalue weighted by molar-refractivity contribution is 5.94. The van der Waals surface area contributed by atoms with Crippen LogP contribution in [0, 0.1) is 0 Å². The van der Waals surface area contributed by atoms with Crippen LogP contribution in [0.5, 0.6) is 0 Å². The van der Waals surface area contributed by atoms with Crippen LogP contribution >= 0.6 is 0 Å². The highest BCUT2D eigenvalue weighted by atomic mass is 16.2. The van der Waals surface area contributed by atoms with Gasteiger partial charge in [0.25, 0.3) is 5.91 Å². The number of rotatable bonds is 4. The van der Waals surface area contributed by atoms with Crippen LogP contribution < -0.4 is 5.32 Å². The minimum absolute atomic E-state index is 0.0154. The smallest absolute Gasteiger partial charge is 0.251 e. The lowest BCUT2D eigenvalue weighted by atomic mass is 10.0. The lowest BCUT2D eigenvalue weighted by Crippen LogP contribution is -2.47. The largest absolute Gasteiger partial charge is 0.349 e. The summed E-state index contributed by atoms with van der Waals surface area (Å²) < 4.78 is 0. The number of hydrogen-bond donors (Lipinski definition) is 1. The van der Waals surface area contributed by atoms with Gasteiger partial charge in [0.1, 0.15) is 0 Å². The molecule has 21 heavy (non-hydrogen) atoms. The molecule has 2 amide bonds. The number of nitrogens with one attached hydrogen (secondary N) is 1. The van der Waals surface area contributed by atoms with E-state index in [1.807, 2.05) is 30.3 Å². The molecule has 1 aliphatic heterocycles. The first-order chi connectivity index (χ1) is 10.1. The Hall–Kier alpha value is -1.88. The number of hydrogen-bond acceptors (Lipinski definition) is 3. The maximum Gasteiger partial charge on any atom is 0.251 e. The van der Waals surface area contributed by atoms with E-state index in [0.29, 0.717) is 12.1 Å². The second kappa shape index (κ2) is 7.22. The van der Waals surface area contributed by atoms with E-state index in [0.717, 1.165) is 25.9 Å². The van der Waals surface area contributed by atoms with E-state index in [9.17, 15) is 9.59 Å². The molecule has 1 N–H and O–H groups in total. The molecule has 114 valence electrons. The molecule has 0 radical (unpaired) electrons. The molecule has 5 heteroatoms. The van der Waals surface area contributed by atoms with Gasteiger partial charge in [-0.1, -0.05) is 18.2 Å². The SMILES string of the molecule is CN(C)C(=O)CN1CCC(NC(=O)c2ccccc2)CC1. The number of carbonyl (C=O) groups excluding carboxylic acids is 2. The third-order valence-electron chi connectivity index (χ3n) is 3.82. The van der Waals surface area contributed by atoms with Gasteiger partial charge in [0.05, 0.1) is 6.54 Å². The van der Waals surface area contributed by atoms with E-state index < -0.39 is 0 Å². The van der Waals surface area contributed by atoms with Crippen molar-refractivity contribution < 1.29 is 9.59 Å². The zero-order valence-electron chi connectivity index (χ0n) is 12.7. The number of benzene rings is 1. The molecule has 0 spiro atoms. The molecule has 2 rings (SSSR count). The normalized spacial score (nSPS) is 16.5. The molecular formula is C16H23N3O2. The van der Waals surface area contributed by atoms with E-state index >= 15 is 0 Å². The van der Waals surface area contributed by atoms with Crippen LogP contribution in [0.3, 0.4) is 0 Å². The Bertz CT molecular complexity index is 480. The Morgan fingerprint density at radius 1 is 1.19 bits per heavy atom. The van der Waals surface area contributed by atoms with E-state index in [1.54, 1.807) is 19.0 Å². The van der Waals surface area contributed by atoms with Crippen LogP contribution in [-0.2, 0) is 4.79 Å². The number of likely N-dealkylation sites (tertiary alicyclic amines) is 1. The number of carbonyl (C=O) groups is 2. The van der Waals surface area contributed by atoms with Crippen molar-refractivity contribution in [1.82, 2.24) is 15.1 Å². The van der Waals surface area contributed by atoms with E-state index in [1.165, 1.54) is 0 Å². The third-order valence-corrected chi connectivity index (χ3v) is 3.82. The van der Waals surface area contributed by atoms with Gasteiger partial charge in [-0.2, -0.15) is 0 Å². The molecule has 0 aliphatic carbocycles. The van der Waals surface area contributed by atoms with Crippen molar-refractivity contribution in [2.24, 2.45) is 0 Å². The fourth-order valence-electron chi connectivity index (χ4n) is 2.43. The Morgan fingerprint density at radius 3 is 2.38 bits per heavy atom. The summed E-state index contributed by atoms with van der Waals surface area (Å²) in [4.78, 5) is 27.5. The van der Waals surface area contributed by atoms with Crippen LogP contribution in [0.15, 0.2) is 30.3 Å². The minimum Gasteiger partial charge on any atom is -0.349 e. The van der Waals surface area contributed by atoms with Crippen molar-refractivity contribution >= 4 is 11.8 Å². The maximum atomic E-state index is 12.1. The number of amides is 2. The zero-order valence-corrected chi connectivity index (χ0v) is 12.7. The van der Waals surface area contributed by atoms with Crippen LogP contribution in [0.4, 0.5) is 0 Å². The average molecular weight is 289 g/mol. The lowest BCUT2D eigenvalue weighted by molar-refractivity contribution is -0.130. The summed E-state index contributed by atoms with van der Waals surface area (Å²) in [5.41, 5.74) is 0.697. The summed E-state index contributed by atoms with van der Waals surface area (Å²) >= 11 is 0. The highest BCUT2D eigenvalue weighted by Crippen LogP contribution is 2.11. The molecule has 0 saturated carbocycles. The molecule has 1 aliphatic rings. The molecule has 1 fully saturated rings. The first-order valence-electron chi connectivity index (χ1n) is 7.34. The van der Waals surface area contributed by atoms with Crippen molar-refractivity contribution in [2.45, 2.75) is 18.9 Å². The minimum atomic E-state index is -0.0154. The fourth-order valence-corrected chi connectivity index (χ4v) is 2.43. The van der Waals surface area contributed by atoms with Crippen LogP contribution in [-0.4, -0.2) is 61.4 Å². The highest BCUT2D eigenvalue weighted by Gasteiger charge is 2.22. The summed E-state index contributed by atoms with van der Waals surface area (Å²) in [6.07, 6.45) is 1.78. The Kier molecular flexibility index (Phi) is 5.33. The summed E-state index contributed by atoms with van der Waals surface area (Å²) in [6, 6.07) is 9.47. The standard InChI is InChI=1S/C16H23N3O2/c1-18(2)15(20)12-19-10-8-14(9-11-19)17-16(21)13-6-4-3-5-7-13/h3-7,14H,8-12H2,1-2H3,(H,17,21). The van der Waals surface area contributed by atoms with Gasteiger partial charge in [0.15, 0.2) is 0 Å². The molecule has 1 saturated heterocycles. The molecule has 0 bridgehead atoms. The average Bonchev–Trinajstić information content (AvgIpc) is 2.50. The van der Waals surface area contributed by atoms with Gasteiger partial charge in [-0.15, -0.1) is 0 Å². The molecule has 5 nitrogen and oxygen atoms in total. The van der Waals surface area contributed by atoms with Gasteiger partial charge >= 0.3 is 0 Å². The van der Waals surface area contributed by atoms with Gasteiger partial charge in [-0.05, 0) is 25.0 Å². The van der Waals surface area contributed by atoms with Gasteiger partial charge in [-0.3, -0.25) is 14.5 Å². The van der Waals surface area contributed by atoms with Crippen molar-refractivity contribution in [3.05, 3.63) is 35.9 Å². The zero-order chi connectivity index (χ0) is 15.2. The van der Waals surface area contributed by atoms with Gasteiger partial charge in [-0.25, -0.2) is 0 Å². The van der Waals surface area contributed by atoms with Gasteiger partial charge in [0.2, 0.25) is 5.91 Å². The van der Waals surface area contributed by atoms with Crippen molar-refractivity contribution in [3.63, 3.8) is 0 Å². The lowest BCUT2D eigenvalue weighted by Gasteiger charge is -2.32. The predicted octanol–water partition coefficient (Wildman–Crippen LogP) is 0.969. The quantitative estimate of drug-likeness (QED) is 0.898. The molecule has 0 aromatic heterocycles. The maximum absolute atomic E-state index is 12.1. The third kappa shape index (κ3) is 4.56. The molecule has 0 atom stereocenters. The Labute approximate surface area is 125 Å². The number of piperidine rings is 1.